The van der Waals surface area contributed by atoms with Gasteiger partial charge in [0.25, 0.3) is 0 Å². The molecule has 1 heterocycles. The van der Waals surface area contributed by atoms with Gasteiger partial charge in [0.2, 0.25) is 0 Å². The summed E-state index contributed by atoms with van der Waals surface area (Å²) >= 11 is 3.53. The lowest BCUT2D eigenvalue weighted by atomic mass is 10.0. The summed E-state index contributed by atoms with van der Waals surface area (Å²) in [6.45, 7) is 2.22. The molecule has 0 bridgehead atoms. The van der Waals surface area contributed by atoms with Gasteiger partial charge in [0.15, 0.2) is 0 Å². The molecule has 1 nitrogen and oxygen atoms in total. The highest BCUT2D eigenvalue weighted by molar-refractivity contribution is 9.09. The van der Waals surface area contributed by atoms with Crippen molar-refractivity contribution in [2.75, 3.05) is 5.33 Å². The van der Waals surface area contributed by atoms with Crippen LogP contribution in [-0.4, -0.2) is 5.33 Å². The second-order valence-corrected chi connectivity index (χ2v) is 5.06. The SMILES string of the molecule is CC(CBr)c1ccc2oc3ccccc3c2c1. The molecule has 0 spiro atoms. The van der Waals surface area contributed by atoms with Crippen LogP contribution in [0.2, 0.25) is 0 Å². The van der Waals surface area contributed by atoms with Crippen molar-refractivity contribution in [2.45, 2.75) is 12.8 Å². The molecule has 1 atom stereocenters. The van der Waals surface area contributed by atoms with Crippen LogP contribution in [0.3, 0.4) is 0 Å². The quantitative estimate of drug-likeness (QED) is 0.599. The van der Waals surface area contributed by atoms with Gasteiger partial charge < -0.3 is 4.42 Å². The number of fused-ring (bicyclic) bond motifs is 3. The van der Waals surface area contributed by atoms with Crippen LogP contribution >= 0.6 is 15.9 Å². The van der Waals surface area contributed by atoms with E-state index in [-0.39, 0.29) is 0 Å². The molecule has 0 saturated heterocycles. The van der Waals surface area contributed by atoms with Crippen LogP contribution in [0, 0.1) is 0 Å². The summed E-state index contributed by atoms with van der Waals surface area (Å²) in [4.78, 5) is 0. The number of halogens is 1. The Balaban J connectivity index is 2.30. The molecule has 0 aliphatic heterocycles. The highest BCUT2D eigenvalue weighted by Crippen LogP contribution is 2.31. The Kier molecular flexibility index (Phi) is 2.67. The Morgan fingerprint density at radius 2 is 1.82 bits per heavy atom. The van der Waals surface area contributed by atoms with E-state index >= 15 is 0 Å². The van der Waals surface area contributed by atoms with Gasteiger partial charge in [-0.05, 0) is 29.7 Å². The van der Waals surface area contributed by atoms with E-state index in [0.29, 0.717) is 5.92 Å². The molecule has 0 saturated carbocycles. The maximum Gasteiger partial charge on any atom is 0.135 e. The van der Waals surface area contributed by atoms with E-state index in [2.05, 4.69) is 53.2 Å². The minimum absolute atomic E-state index is 0.521. The van der Waals surface area contributed by atoms with E-state index in [9.17, 15) is 0 Å². The monoisotopic (exact) mass is 288 g/mol. The van der Waals surface area contributed by atoms with Crippen LogP contribution in [-0.2, 0) is 0 Å². The van der Waals surface area contributed by atoms with E-state index in [4.69, 9.17) is 4.42 Å². The first-order valence-electron chi connectivity index (χ1n) is 5.77. The zero-order valence-electron chi connectivity index (χ0n) is 9.61. The molecule has 3 aromatic rings. The maximum atomic E-state index is 5.81. The molecular weight excluding hydrogens is 276 g/mol. The Bertz CT molecular complexity index is 669. The number of para-hydroxylation sites is 1. The number of hydrogen-bond acceptors (Lipinski definition) is 1. The smallest absolute Gasteiger partial charge is 0.135 e. The first-order valence-corrected chi connectivity index (χ1v) is 6.89. The molecule has 1 unspecified atom stereocenters. The molecule has 0 fully saturated rings. The lowest BCUT2D eigenvalue weighted by Gasteiger charge is -2.07. The predicted octanol–water partition coefficient (Wildman–Crippen LogP) is 5.08. The Labute approximate surface area is 109 Å². The zero-order chi connectivity index (χ0) is 11.8. The lowest BCUT2D eigenvalue weighted by molar-refractivity contribution is 0.668. The number of hydrogen-bond donors (Lipinski definition) is 0. The van der Waals surface area contributed by atoms with Gasteiger partial charge in [-0.3, -0.25) is 0 Å². The fourth-order valence-electron chi connectivity index (χ4n) is 2.14. The predicted molar refractivity (Wildman–Crippen MR) is 75.9 cm³/mol. The van der Waals surface area contributed by atoms with E-state index in [1.54, 1.807) is 0 Å². The third-order valence-corrected chi connectivity index (χ3v) is 4.17. The lowest BCUT2D eigenvalue weighted by Crippen LogP contribution is -1.93. The number of furan rings is 1. The Morgan fingerprint density at radius 3 is 2.65 bits per heavy atom. The Hall–Kier alpha value is -1.28. The molecule has 0 radical (unpaired) electrons. The van der Waals surface area contributed by atoms with Gasteiger partial charge in [-0.2, -0.15) is 0 Å². The molecule has 1 aromatic heterocycles. The molecule has 17 heavy (non-hydrogen) atoms. The normalized spacial score (nSPS) is 13.3. The molecule has 2 heteroatoms. The van der Waals surface area contributed by atoms with Gasteiger partial charge in [-0.15, -0.1) is 0 Å². The van der Waals surface area contributed by atoms with Crippen LogP contribution in [0.15, 0.2) is 46.9 Å². The first kappa shape index (κ1) is 10.8. The summed E-state index contributed by atoms with van der Waals surface area (Å²) in [7, 11) is 0. The summed E-state index contributed by atoms with van der Waals surface area (Å²) in [6, 6.07) is 14.7. The third-order valence-electron chi connectivity index (χ3n) is 3.20. The van der Waals surface area contributed by atoms with Crippen LogP contribution < -0.4 is 0 Å². The standard InChI is InChI=1S/C15H13BrO/c1-10(9-16)11-6-7-15-13(8-11)12-4-2-3-5-14(12)17-15/h2-8,10H,9H2,1H3. The van der Waals surface area contributed by atoms with Crippen molar-refractivity contribution < 1.29 is 4.42 Å². The second kappa shape index (κ2) is 4.19. The van der Waals surface area contributed by atoms with Gasteiger partial charge in [-0.1, -0.05) is 47.1 Å². The number of rotatable bonds is 2. The molecule has 0 aliphatic carbocycles. The first-order chi connectivity index (χ1) is 8.29. The van der Waals surface area contributed by atoms with Gasteiger partial charge >= 0.3 is 0 Å². The average Bonchev–Trinajstić information content (AvgIpc) is 2.75. The van der Waals surface area contributed by atoms with Gasteiger partial charge in [0, 0.05) is 16.1 Å². The van der Waals surface area contributed by atoms with Crippen LogP contribution in [0.1, 0.15) is 18.4 Å². The molecule has 0 amide bonds. The summed E-state index contributed by atoms with van der Waals surface area (Å²) in [5.41, 5.74) is 3.28. The van der Waals surface area contributed by atoms with E-state index in [1.165, 1.54) is 16.3 Å². The molecule has 2 aromatic carbocycles. The molecular formula is C15H13BrO. The topological polar surface area (TPSA) is 13.1 Å². The van der Waals surface area contributed by atoms with Crippen molar-refractivity contribution in [2.24, 2.45) is 0 Å². The minimum atomic E-state index is 0.521. The largest absolute Gasteiger partial charge is 0.456 e. The van der Waals surface area contributed by atoms with Crippen molar-refractivity contribution in [3.8, 4) is 0 Å². The summed E-state index contributed by atoms with van der Waals surface area (Å²) in [5.74, 6) is 0.521. The van der Waals surface area contributed by atoms with Crippen molar-refractivity contribution >= 4 is 37.9 Å². The molecule has 86 valence electrons. The molecule has 3 rings (SSSR count). The van der Waals surface area contributed by atoms with Gasteiger partial charge in [-0.25, -0.2) is 0 Å². The second-order valence-electron chi connectivity index (χ2n) is 4.41. The van der Waals surface area contributed by atoms with Gasteiger partial charge in [0.1, 0.15) is 11.2 Å². The number of benzene rings is 2. The van der Waals surface area contributed by atoms with Crippen molar-refractivity contribution in [3.05, 3.63) is 48.0 Å². The van der Waals surface area contributed by atoms with Crippen molar-refractivity contribution in [1.29, 1.82) is 0 Å². The molecule has 0 aliphatic rings. The minimum Gasteiger partial charge on any atom is -0.456 e. The highest BCUT2D eigenvalue weighted by Gasteiger charge is 2.09. The van der Waals surface area contributed by atoms with Gasteiger partial charge in [0.05, 0.1) is 0 Å². The summed E-state index contributed by atoms with van der Waals surface area (Å²) < 4.78 is 5.81. The molecule has 0 N–H and O–H groups in total. The fraction of sp³-hybridized carbons (Fsp3) is 0.200. The van der Waals surface area contributed by atoms with Crippen LogP contribution in [0.5, 0.6) is 0 Å². The van der Waals surface area contributed by atoms with Crippen molar-refractivity contribution in [1.82, 2.24) is 0 Å². The van der Waals surface area contributed by atoms with Crippen LogP contribution in [0.25, 0.3) is 21.9 Å². The third kappa shape index (κ3) is 1.77. The average molecular weight is 289 g/mol. The van der Waals surface area contributed by atoms with Crippen LogP contribution in [0.4, 0.5) is 0 Å². The highest BCUT2D eigenvalue weighted by atomic mass is 79.9. The fourth-order valence-corrected chi connectivity index (χ4v) is 2.51. The van der Waals surface area contributed by atoms with E-state index < -0.39 is 0 Å². The van der Waals surface area contributed by atoms with E-state index in [0.717, 1.165) is 16.5 Å². The van der Waals surface area contributed by atoms with E-state index in [1.807, 2.05) is 12.1 Å². The van der Waals surface area contributed by atoms with Crippen molar-refractivity contribution in [3.63, 3.8) is 0 Å². The zero-order valence-corrected chi connectivity index (χ0v) is 11.2. The number of alkyl halides is 1. The maximum absolute atomic E-state index is 5.81. The summed E-state index contributed by atoms with van der Waals surface area (Å²) in [6.07, 6.45) is 0. The summed E-state index contributed by atoms with van der Waals surface area (Å²) in [5, 5.41) is 3.39. The Morgan fingerprint density at radius 1 is 1.06 bits per heavy atom.